The molecule has 0 aromatic carbocycles. The van der Waals surface area contributed by atoms with Gasteiger partial charge in [0.25, 0.3) is 0 Å². The van der Waals surface area contributed by atoms with Gasteiger partial charge in [0.2, 0.25) is 0 Å². The number of phosphoric acid groups is 1. The third-order valence-electron chi connectivity index (χ3n) is 9.93. The Kier molecular flexibility index (Phi) is 34.0. The number of carbonyl (C=O) groups excluding carboxylic acids is 2. The summed E-state index contributed by atoms with van der Waals surface area (Å²) in [6, 6.07) is 0. The molecule has 0 fully saturated rings. The number of esters is 2. The fourth-order valence-corrected chi connectivity index (χ4v) is 6.98. The molecule has 346 valence electrons. The molecule has 0 spiro atoms. The molecule has 1 rings (SSSR count). The Morgan fingerprint density at radius 1 is 0.689 bits per heavy atom. The minimum atomic E-state index is -4.46. The number of hydrogen-bond donors (Lipinski definition) is 3. The molecule has 0 aliphatic heterocycles. The van der Waals surface area contributed by atoms with Gasteiger partial charge >= 0.3 is 19.8 Å². The molecule has 1 heterocycles. The second kappa shape index (κ2) is 37.3. The van der Waals surface area contributed by atoms with Crippen LogP contribution in [0.3, 0.4) is 0 Å². The van der Waals surface area contributed by atoms with Gasteiger partial charge in [-0.25, -0.2) is 4.57 Å². The van der Waals surface area contributed by atoms with Crippen LogP contribution < -0.4 is 5.73 Å². The Morgan fingerprint density at radius 2 is 1.23 bits per heavy atom. The van der Waals surface area contributed by atoms with Gasteiger partial charge in [-0.2, -0.15) is 0 Å². The Morgan fingerprint density at radius 3 is 1.80 bits per heavy atom. The van der Waals surface area contributed by atoms with Crippen molar-refractivity contribution in [2.45, 2.75) is 175 Å². The normalized spacial score (nSPS) is 14.4. The van der Waals surface area contributed by atoms with E-state index in [2.05, 4.69) is 76.3 Å². The van der Waals surface area contributed by atoms with Crippen LogP contribution >= 0.6 is 7.82 Å². The summed E-state index contributed by atoms with van der Waals surface area (Å²) < 4.78 is 38.9. The summed E-state index contributed by atoms with van der Waals surface area (Å²) >= 11 is 0. The number of aryl methyl sites for hydroxylation is 2. The largest absolute Gasteiger partial charge is 0.472 e. The third-order valence-corrected chi connectivity index (χ3v) is 10.9. The molecule has 0 aliphatic carbocycles. The zero-order valence-corrected chi connectivity index (χ0v) is 38.8. The average Bonchev–Trinajstić information content (AvgIpc) is 3.51. The van der Waals surface area contributed by atoms with Crippen LogP contribution in [0.25, 0.3) is 0 Å². The number of nitrogens with two attached hydrogens (primary N) is 1. The molecule has 2 unspecified atom stereocenters. The number of ether oxygens (including phenoxy) is 2. The van der Waals surface area contributed by atoms with E-state index in [1.807, 2.05) is 12.2 Å². The molecule has 1 aromatic rings. The molecule has 0 saturated heterocycles. The van der Waals surface area contributed by atoms with Crippen molar-refractivity contribution in [3.63, 3.8) is 0 Å². The number of hydrogen-bond acceptors (Lipinski definition) is 10. The number of carbonyl (C=O) groups is 2. The SMILES string of the molecule is CC/C=C\C/C=C\C/C=C\C/C=C\C/C=C\C=C/C(O)CCC(=O)O[C@H](COC(=O)CCCCCCCCCCc1oc(CCCCC)c(C)c1C)COP(=O)(O)OCCN. The zero-order valence-electron chi connectivity index (χ0n) is 37.9. The molecule has 61 heavy (non-hydrogen) atoms. The lowest BCUT2D eigenvalue weighted by atomic mass is 10.0. The van der Waals surface area contributed by atoms with E-state index in [0.29, 0.717) is 6.42 Å². The topological polar surface area (TPSA) is 168 Å². The van der Waals surface area contributed by atoms with Gasteiger partial charge in [0.05, 0.1) is 19.3 Å². The Bertz CT molecular complexity index is 1520. The minimum absolute atomic E-state index is 0.00773. The van der Waals surface area contributed by atoms with Crippen LogP contribution in [0, 0.1) is 13.8 Å². The summed E-state index contributed by atoms with van der Waals surface area (Å²) in [7, 11) is -4.46. The van der Waals surface area contributed by atoms with Gasteiger partial charge in [-0.15, -0.1) is 0 Å². The number of furan rings is 1. The standard InChI is InChI=1S/C49H80NO10P/c1-5-7-9-10-11-12-13-14-15-16-17-18-19-22-25-29-32-44(51)36-37-49(53)59-45(41-58-61(54,55)57-39-38-50)40-56-48(52)35-31-27-24-21-20-23-26-30-34-47-43(4)42(3)46(60-47)33-28-8-6-2/h7,9,11-12,14-15,17-18,22,25,29,32,44-45,51H,5-6,8,10,13,16,19-21,23-24,26-28,30-31,33-41,50H2,1-4H3,(H,54,55)/b9-7-,12-11-,15-14-,18-17-,25-22-,32-29-/t44?,45-/m1/s1. The van der Waals surface area contributed by atoms with Crippen molar-refractivity contribution in [3.8, 4) is 0 Å². The lowest BCUT2D eigenvalue weighted by Gasteiger charge is -2.20. The fourth-order valence-electron chi connectivity index (χ4n) is 6.22. The van der Waals surface area contributed by atoms with E-state index < -0.39 is 38.6 Å². The predicted octanol–water partition coefficient (Wildman–Crippen LogP) is 11.7. The highest BCUT2D eigenvalue weighted by atomic mass is 31.2. The summed E-state index contributed by atoms with van der Waals surface area (Å²) in [6.45, 7) is 7.61. The van der Waals surface area contributed by atoms with Crippen LogP contribution in [-0.2, 0) is 45.5 Å². The van der Waals surface area contributed by atoms with Crippen LogP contribution in [0.2, 0.25) is 0 Å². The number of rotatable bonds is 38. The first kappa shape index (κ1) is 55.7. The zero-order chi connectivity index (χ0) is 44.8. The van der Waals surface area contributed by atoms with Crippen molar-refractivity contribution in [2.75, 3.05) is 26.4 Å². The van der Waals surface area contributed by atoms with Gasteiger partial charge in [0.1, 0.15) is 18.1 Å². The van der Waals surface area contributed by atoms with E-state index in [1.54, 1.807) is 12.2 Å². The summed E-state index contributed by atoms with van der Waals surface area (Å²) in [5.41, 5.74) is 7.98. The molecule has 4 N–H and O–H groups in total. The summed E-state index contributed by atoms with van der Waals surface area (Å²) in [6.07, 6.45) is 40.9. The van der Waals surface area contributed by atoms with Gasteiger partial charge in [-0.1, -0.05) is 138 Å². The Balaban J connectivity index is 2.35. The van der Waals surface area contributed by atoms with Crippen LogP contribution in [0.5, 0.6) is 0 Å². The first-order chi connectivity index (χ1) is 29.5. The van der Waals surface area contributed by atoms with Gasteiger partial charge in [0.15, 0.2) is 6.10 Å². The summed E-state index contributed by atoms with van der Waals surface area (Å²) in [5, 5.41) is 10.3. The number of aliphatic hydroxyl groups excluding tert-OH is 1. The lowest BCUT2D eigenvalue weighted by Crippen LogP contribution is -2.30. The molecule has 1 aromatic heterocycles. The third kappa shape index (κ3) is 31.2. The predicted molar refractivity (Wildman–Crippen MR) is 247 cm³/mol. The maximum atomic E-state index is 12.6. The molecular weight excluding hydrogens is 794 g/mol. The quantitative estimate of drug-likeness (QED) is 0.0190. The molecule has 0 amide bonds. The van der Waals surface area contributed by atoms with E-state index in [-0.39, 0.29) is 39.0 Å². The molecule has 0 aliphatic rings. The maximum Gasteiger partial charge on any atom is 0.472 e. The second-order valence-electron chi connectivity index (χ2n) is 15.3. The van der Waals surface area contributed by atoms with Gasteiger partial charge < -0.3 is 29.6 Å². The highest BCUT2D eigenvalue weighted by Gasteiger charge is 2.26. The molecule has 11 nitrogen and oxygen atoms in total. The van der Waals surface area contributed by atoms with E-state index in [4.69, 9.17) is 28.7 Å². The number of allylic oxidation sites excluding steroid dienone is 11. The second-order valence-corrected chi connectivity index (χ2v) is 16.8. The average molecular weight is 874 g/mol. The Hall–Kier alpha value is -3.31. The molecule has 0 saturated carbocycles. The molecule has 3 atom stereocenters. The number of unbranched alkanes of at least 4 members (excludes halogenated alkanes) is 9. The Labute approximate surface area is 368 Å². The maximum absolute atomic E-state index is 12.6. The highest BCUT2D eigenvalue weighted by Crippen LogP contribution is 2.43. The molecular formula is C49H80NO10P. The van der Waals surface area contributed by atoms with Crippen molar-refractivity contribution in [1.82, 2.24) is 0 Å². The smallest absolute Gasteiger partial charge is 0.466 e. The number of phosphoric ester groups is 1. The van der Waals surface area contributed by atoms with Crippen LogP contribution in [0.1, 0.15) is 158 Å². The van der Waals surface area contributed by atoms with Crippen LogP contribution in [0.15, 0.2) is 77.3 Å². The van der Waals surface area contributed by atoms with E-state index in [0.717, 1.165) is 88.6 Å². The molecule has 0 radical (unpaired) electrons. The highest BCUT2D eigenvalue weighted by molar-refractivity contribution is 7.47. The summed E-state index contributed by atoms with van der Waals surface area (Å²) in [5.74, 6) is 1.17. The minimum Gasteiger partial charge on any atom is -0.466 e. The van der Waals surface area contributed by atoms with E-state index in [1.165, 1.54) is 43.2 Å². The van der Waals surface area contributed by atoms with Gasteiger partial charge in [0, 0.05) is 32.2 Å². The van der Waals surface area contributed by atoms with Crippen molar-refractivity contribution < 1.29 is 47.1 Å². The first-order valence-corrected chi connectivity index (χ1v) is 24.4. The van der Waals surface area contributed by atoms with E-state index in [9.17, 15) is 24.2 Å². The van der Waals surface area contributed by atoms with Crippen LogP contribution in [0.4, 0.5) is 0 Å². The fraction of sp³-hybridized carbons (Fsp3) is 0.633. The van der Waals surface area contributed by atoms with Gasteiger partial charge in [-0.3, -0.25) is 18.6 Å². The summed E-state index contributed by atoms with van der Waals surface area (Å²) in [4.78, 5) is 35.1. The lowest BCUT2D eigenvalue weighted by molar-refractivity contribution is -0.161. The van der Waals surface area contributed by atoms with Crippen molar-refractivity contribution in [2.24, 2.45) is 5.73 Å². The van der Waals surface area contributed by atoms with Gasteiger partial charge in [-0.05, 0) is 82.8 Å². The number of aliphatic hydroxyl groups is 1. The monoisotopic (exact) mass is 874 g/mol. The first-order valence-electron chi connectivity index (χ1n) is 22.9. The van der Waals surface area contributed by atoms with Crippen molar-refractivity contribution >= 4 is 19.8 Å². The van der Waals surface area contributed by atoms with Crippen LogP contribution in [-0.4, -0.2) is 60.5 Å². The molecule has 12 heteroatoms. The van der Waals surface area contributed by atoms with Crippen molar-refractivity contribution in [1.29, 1.82) is 0 Å². The van der Waals surface area contributed by atoms with Crippen molar-refractivity contribution in [3.05, 3.63) is 95.6 Å². The van der Waals surface area contributed by atoms with E-state index >= 15 is 0 Å². The molecule has 0 bridgehead atoms.